The number of nitrogen functional groups attached to an aromatic ring is 1. The van der Waals surface area contributed by atoms with Crippen molar-refractivity contribution in [2.45, 2.75) is 30.8 Å². The lowest BCUT2D eigenvalue weighted by atomic mass is 9.97. The quantitative estimate of drug-likeness (QED) is 0.433. The summed E-state index contributed by atoms with van der Waals surface area (Å²) in [6.07, 6.45) is 2.21. The molecule has 1 aromatic carbocycles. The number of fused-ring (bicyclic) bond motifs is 1. The predicted molar refractivity (Wildman–Crippen MR) is 103 cm³/mol. The smallest absolute Gasteiger partial charge is 0.250 e. The number of benzene rings is 1. The minimum absolute atomic E-state index is 0.0276. The highest BCUT2D eigenvalue weighted by Crippen LogP contribution is 2.41. The molecule has 10 nitrogen and oxygen atoms in total. The summed E-state index contributed by atoms with van der Waals surface area (Å²) in [5.41, 5.74) is 12.3. The molecule has 0 spiro atoms. The molecule has 0 amide bonds. The second-order valence-electron chi connectivity index (χ2n) is 6.68. The molecule has 148 valence electrons. The van der Waals surface area contributed by atoms with Gasteiger partial charge < -0.3 is 25.0 Å². The van der Waals surface area contributed by atoms with Crippen LogP contribution < -0.4 is 11.2 Å². The molecule has 3 aromatic rings. The molecule has 1 saturated heterocycles. The van der Waals surface area contributed by atoms with Gasteiger partial charge in [-0.05, 0) is 5.56 Å². The minimum Gasteiger partial charge on any atom is -0.390 e. The molecule has 4 atom stereocenters. The van der Waals surface area contributed by atoms with Crippen molar-refractivity contribution in [1.29, 1.82) is 0 Å². The first-order valence-electron chi connectivity index (χ1n) is 8.69. The Bertz CT molecular complexity index is 955. The van der Waals surface area contributed by atoms with E-state index in [9.17, 15) is 10.00 Å². The summed E-state index contributed by atoms with van der Waals surface area (Å²) < 4.78 is 13.2. The van der Waals surface area contributed by atoms with Crippen LogP contribution in [0.4, 0.5) is 5.82 Å². The normalized spacial score (nSPS) is 26.0. The maximum atomic E-state index is 10.6. The number of nitrogens with two attached hydrogens (primary N) is 2. The SMILES string of the molecule is Nc1ncnc2c1ncn2[C@@]1(Cc2ccccc2)C[C@H](O)[C@@H](COP(N)O)O1. The lowest BCUT2D eigenvalue weighted by Gasteiger charge is -2.31. The van der Waals surface area contributed by atoms with Crippen LogP contribution in [0.3, 0.4) is 0 Å². The number of imidazole rings is 1. The predicted octanol–water partition coefficient (Wildman–Crippen LogP) is 0.648. The number of aliphatic hydroxyl groups is 1. The number of nitrogens with zero attached hydrogens (tertiary/aromatic N) is 4. The molecule has 2 aromatic heterocycles. The standard InChI is InChI=1S/C17H21N6O4P/c18-15-14-16(21-9-20-15)23(10-22-14)17(6-11-4-2-1-3-5-11)7-12(24)13(27-17)8-26-28(19)25/h1-5,9-10,12-13,24-25H,6-8,19H2,(H2,18,20,21)/t12-,13+,17+,28?/m0/s1. The fraction of sp³-hybridized carbons (Fsp3) is 0.353. The van der Waals surface area contributed by atoms with Crippen molar-refractivity contribution in [2.75, 3.05) is 12.3 Å². The second-order valence-corrected chi connectivity index (χ2v) is 7.54. The van der Waals surface area contributed by atoms with E-state index in [4.69, 9.17) is 20.5 Å². The molecule has 0 aliphatic carbocycles. The van der Waals surface area contributed by atoms with E-state index in [1.54, 1.807) is 10.9 Å². The highest BCUT2D eigenvalue weighted by Gasteiger charge is 2.48. The van der Waals surface area contributed by atoms with E-state index in [0.717, 1.165) is 5.56 Å². The van der Waals surface area contributed by atoms with Gasteiger partial charge in [0, 0.05) is 12.8 Å². The summed E-state index contributed by atoms with van der Waals surface area (Å²) in [6, 6.07) is 9.78. The summed E-state index contributed by atoms with van der Waals surface area (Å²) in [4.78, 5) is 21.9. The van der Waals surface area contributed by atoms with Gasteiger partial charge in [0.15, 0.2) is 17.2 Å². The van der Waals surface area contributed by atoms with Gasteiger partial charge in [-0.15, -0.1) is 0 Å². The largest absolute Gasteiger partial charge is 0.390 e. The zero-order valence-electron chi connectivity index (χ0n) is 14.9. The van der Waals surface area contributed by atoms with E-state index in [2.05, 4.69) is 15.0 Å². The highest BCUT2D eigenvalue weighted by atomic mass is 31.2. The number of rotatable bonds is 6. The number of hydrogen-bond acceptors (Lipinski definition) is 9. The van der Waals surface area contributed by atoms with E-state index in [1.807, 2.05) is 30.3 Å². The van der Waals surface area contributed by atoms with E-state index in [-0.39, 0.29) is 18.8 Å². The Hall–Kier alpha value is -2.20. The average molecular weight is 404 g/mol. The van der Waals surface area contributed by atoms with Crippen LogP contribution in [0.15, 0.2) is 43.0 Å². The van der Waals surface area contributed by atoms with Crippen molar-refractivity contribution in [3.05, 3.63) is 48.5 Å². The van der Waals surface area contributed by atoms with Gasteiger partial charge in [-0.2, -0.15) is 0 Å². The minimum atomic E-state index is -2.04. The summed E-state index contributed by atoms with van der Waals surface area (Å²) in [6.45, 7) is -0.0276. The van der Waals surface area contributed by atoms with Crippen molar-refractivity contribution >= 4 is 25.5 Å². The summed E-state index contributed by atoms with van der Waals surface area (Å²) >= 11 is 0. The van der Waals surface area contributed by atoms with E-state index >= 15 is 0 Å². The van der Waals surface area contributed by atoms with Gasteiger partial charge in [0.25, 0.3) is 0 Å². The fourth-order valence-electron chi connectivity index (χ4n) is 3.58. The van der Waals surface area contributed by atoms with Crippen LogP contribution in [0.5, 0.6) is 0 Å². The Morgan fingerprint density at radius 2 is 2.07 bits per heavy atom. The molecule has 3 heterocycles. The number of anilines is 1. The third kappa shape index (κ3) is 3.58. The molecule has 6 N–H and O–H groups in total. The first-order chi connectivity index (χ1) is 13.5. The van der Waals surface area contributed by atoms with Crippen LogP contribution in [-0.2, 0) is 21.4 Å². The van der Waals surface area contributed by atoms with Crippen LogP contribution >= 0.6 is 8.53 Å². The Kier molecular flexibility index (Phi) is 5.24. The van der Waals surface area contributed by atoms with Crippen molar-refractivity contribution in [3.8, 4) is 0 Å². The highest BCUT2D eigenvalue weighted by molar-refractivity contribution is 7.43. The molecule has 28 heavy (non-hydrogen) atoms. The van der Waals surface area contributed by atoms with Gasteiger partial charge in [-0.1, -0.05) is 30.3 Å². The maximum absolute atomic E-state index is 10.6. The van der Waals surface area contributed by atoms with Crippen molar-refractivity contribution < 1.29 is 19.3 Å². The maximum Gasteiger partial charge on any atom is 0.250 e. The molecule has 1 aliphatic rings. The lowest BCUT2D eigenvalue weighted by molar-refractivity contribution is -0.111. The van der Waals surface area contributed by atoms with Crippen LogP contribution in [0.25, 0.3) is 11.2 Å². The van der Waals surface area contributed by atoms with Crippen LogP contribution in [0, 0.1) is 0 Å². The lowest BCUT2D eigenvalue weighted by Crippen LogP contribution is -2.36. The van der Waals surface area contributed by atoms with Gasteiger partial charge in [-0.25, -0.2) is 15.0 Å². The molecular formula is C17H21N6O4P. The van der Waals surface area contributed by atoms with E-state index < -0.39 is 26.5 Å². The zero-order chi connectivity index (χ0) is 19.7. The van der Waals surface area contributed by atoms with Crippen LogP contribution in [0.1, 0.15) is 12.0 Å². The molecule has 0 bridgehead atoms. The molecule has 4 rings (SSSR count). The summed E-state index contributed by atoms with van der Waals surface area (Å²) in [7, 11) is -2.04. The number of aromatic nitrogens is 4. The molecule has 1 fully saturated rings. The molecule has 0 radical (unpaired) electrons. The van der Waals surface area contributed by atoms with Gasteiger partial charge in [-0.3, -0.25) is 10.1 Å². The summed E-state index contributed by atoms with van der Waals surface area (Å²) in [5, 5.41) is 10.6. The molecular weight excluding hydrogens is 383 g/mol. The Balaban J connectivity index is 1.75. The Morgan fingerprint density at radius 1 is 1.29 bits per heavy atom. The average Bonchev–Trinajstić information content (AvgIpc) is 3.24. The summed E-state index contributed by atoms with van der Waals surface area (Å²) in [5.74, 6) is 0.270. The van der Waals surface area contributed by atoms with Gasteiger partial charge in [0.1, 0.15) is 17.9 Å². The number of hydrogen-bond donors (Lipinski definition) is 4. The molecule has 11 heteroatoms. The van der Waals surface area contributed by atoms with Gasteiger partial charge in [0.2, 0.25) is 8.53 Å². The first kappa shape index (κ1) is 19.1. The monoisotopic (exact) mass is 404 g/mol. The fourth-order valence-corrected chi connectivity index (χ4v) is 3.88. The van der Waals surface area contributed by atoms with Crippen molar-refractivity contribution in [3.63, 3.8) is 0 Å². The van der Waals surface area contributed by atoms with Crippen LogP contribution in [0.2, 0.25) is 0 Å². The van der Waals surface area contributed by atoms with E-state index in [1.165, 1.54) is 6.33 Å². The zero-order valence-corrected chi connectivity index (χ0v) is 15.8. The Labute approximate surface area is 162 Å². The molecule has 0 saturated carbocycles. The van der Waals surface area contributed by atoms with Crippen molar-refractivity contribution in [1.82, 2.24) is 19.5 Å². The molecule has 1 unspecified atom stereocenters. The third-order valence-electron chi connectivity index (χ3n) is 4.82. The second kappa shape index (κ2) is 7.67. The van der Waals surface area contributed by atoms with E-state index in [0.29, 0.717) is 17.6 Å². The van der Waals surface area contributed by atoms with Crippen LogP contribution in [-0.4, -0.2) is 48.3 Å². The van der Waals surface area contributed by atoms with Gasteiger partial charge in [0.05, 0.1) is 19.0 Å². The first-order valence-corrected chi connectivity index (χ1v) is 9.97. The third-order valence-corrected chi connectivity index (χ3v) is 5.24. The number of ether oxygens (including phenoxy) is 1. The number of aliphatic hydroxyl groups excluding tert-OH is 1. The molecule has 1 aliphatic heterocycles. The topological polar surface area (TPSA) is 155 Å². The van der Waals surface area contributed by atoms with Crippen molar-refractivity contribution in [2.24, 2.45) is 5.50 Å². The Morgan fingerprint density at radius 3 is 2.82 bits per heavy atom. The van der Waals surface area contributed by atoms with Gasteiger partial charge >= 0.3 is 0 Å².